The van der Waals surface area contributed by atoms with Crippen LogP contribution in [0.5, 0.6) is 0 Å². The largest absolute Gasteiger partial charge is 0.463 e. The summed E-state index contributed by atoms with van der Waals surface area (Å²) in [6.07, 6.45) is 4.35. The number of benzene rings is 2. The molecule has 0 aromatic heterocycles. The molecule has 0 fully saturated rings. The van der Waals surface area contributed by atoms with E-state index in [0.717, 1.165) is 25.7 Å². The Labute approximate surface area is 214 Å². The van der Waals surface area contributed by atoms with Crippen LogP contribution in [0, 0.1) is 0 Å². The third-order valence-corrected chi connectivity index (χ3v) is 6.32. The molecular weight excluding hydrogens is 458 g/mol. The summed E-state index contributed by atoms with van der Waals surface area (Å²) >= 11 is 0. The lowest BCUT2D eigenvalue weighted by molar-refractivity contribution is -0.145. The molecule has 0 radical (unpaired) electrons. The highest BCUT2D eigenvalue weighted by molar-refractivity contribution is 5.79. The Morgan fingerprint density at radius 3 is 2.06 bits per heavy atom. The molecule has 36 heavy (non-hydrogen) atoms. The van der Waals surface area contributed by atoms with E-state index in [4.69, 9.17) is 18.9 Å². The van der Waals surface area contributed by atoms with E-state index in [1.807, 2.05) is 24.3 Å². The van der Waals surface area contributed by atoms with Crippen LogP contribution < -0.4 is 0 Å². The van der Waals surface area contributed by atoms with E-state index in [1.54, 1.807) is 7.05 Å². The molecule has 0 heterocycles. The van der Waals surface area contributed by atoms with Gasteiger partial charge in [0.25, 0.3) is 0 Å². The number of nitrogens with zero attached hydrogens (tertiary/aromatic N) is 1. The molecular formula is C29H39NO6. The number of fused-ring (bicyclic) bond motifs is 3. The zero-order chi connectivity index (χ0) is 25.6. The summed E-state index contributed by atoms with van der Waals surface area (Å²) in [5.41, 5.74) is 4.80. The van der Waals surface area contributed by atoms with E-state index in [9.17, 15) is 9.59 Å². The summed E-state index contributed by atoms with van der Waals surface area (Å²) in [6, 6.07) is 16.6. The third-order valence-electron chi connectivity index (χ3n) is 6.32. The first-order valence-corrected chi connectivity index (χ1v) is 13.0. The molecule has 0 saturated heterocycles. The molecule has 0 unspecified atom stereocenters. The number of unbranched alkanes of at least 4 members (excludes halogenated alkanes) is 3. The Kier molecular flexibility index (Phi) is 11.7. The van der Waals surface area contributed by atoms with Crippen LogP contribution in [0.3, 0.4) is 0 Å². The molecule has 0 bridgehead atoms. The maximum atomic E-state index is 12.5. The monoisotopic (exact) mass is 497 g/mol. The number of rotatable bonds is 16. The summed E-state index contributed by atoms with van der Waals surface area (Å²) in [6.45, 7) is 4.67. The van der Waals surface area contributed by atoms with Gasteiger partial charge in [0.1, 0.15) is 13.2 Å². The van der Waals surface area contributed by atoms with Crippen molar-refractivity contribution in [1.82, 2.24) is 4.90 Å². The first-order valence-electron chi connectivity index (χ1n) is 13.0. The van der Waals surface area contributed by atoms with E-state index in [0.29, 0.717) is 46.0 Å². The predicted molar refractivity (Wildman–Crippen MR) is 139 cm³/mol. The fraction of sp³-hybridized carbons (Fsp3) is 0.517. The van der Waals surface area contributed by atoms with Gasteiger partial charge < -0.3 is 23.8 Å². The normalized spacial score (nSPS) is 12.2. The van der Waals surface area contributed by atoms with Crippen molar-refractivity contribution in [1.29, 1.82) is 0 Å². The summed E-state index contributed by atoms with van der Waals surface area (Å²) in [4.78, 5) is 25.6. The van der Waals surface area contributed by atoms with E-state index in [-0.39, 0.29) is 24.6 Å². The maximum Gasteiger partial charge on any atom is 0.409 e. The van der Waals surface area contributed by atoms with Gasteiger partial charge in [0.2, 0.25) is 0 Å². The Hall–Kier alpha value is -2.90. The van der Waals surface area contributed by atoms with Crippen LogP contribution in [0.4, 0.5) is 4.79 Å². The van der Waals surface area contributed by atoms with Crippen LogP contribution in [0.1, 0.15) is 56.1 Å². The topological polar surface area (TPSA) is 74.3 Å². The van der Waals surface area contributed by atoms with Crippen molar-refractivity contribution in [3.63, 3.8) is 0 Å². The van der Waals surface area contributed by atoms with Gasteiger partial charge in [0.15, 0.2) is 0 Å². The molecule has 0 spiro atoms. The van der Waals surface area contributed by atoms with E-state index < -0.39 is 0 Å². The lowest BCUT2D eigenvalue weighted by atomic mass is 9.98. The first kappa shape index (κ1) is 27.7. The van der Waals surface area contributed by atoms with Crippen molar-refractivity contribution in [2.45, 2.75) is 44.9 Å². The van der Waals surface area contributed by atoms with Crippen LogP contribution in [0.15, 0.2) is 48.5 Å². The van der Waals surface area contributed by atoms with E-state index >= 15 is 0 Å². The summed E-state index contributed by atoms with van der Waals surface area (Å²) in [5, 5.41) is 0. The van der Waals surface area contributed by atoms with Crippen LogP contribution in [0.25, 0.3) is 11.1 Å². The quantitative estimate of drug-likeness (QED) is 0.228. The lowest BCUT2D eigenvalue weighted by Gasteiger charge is -2.19. The number of hydrogen-bond acceptors (Lipinski definition) is 6. The number of carbonyl (C=O) groups is 2. The minimum atomic E-state index is -0.367. The van der Waals surface area contributed by atoms with E-state index in [2.05, 4.69) is 31.2 Å². The minimum Gasteiger partial charge on any atom is -0.463 e. The molecule has 1 aliphatic carbocycles. The SMILES string of the molecule is CCCCCCC(=O)OCCOCCOCCN(C)C(=O)OCC1c2ccccc2-c2ccccc21. The first-order chi connectivity index (χ1) is 17.6. The van der Waals surface area contributed by atoms with Gasteiger partial charge in [-0.3, -0.25) is 4.79 Å². The van der Waals surface area contributed by atoms with Gasteiger partial charge in [-0.2, -0.15) is 0 Å². The zero-order valence-corrected chi connectivity index (χ0v) is 21.6. The molecule has 196 valence electrons. The van der Waals surface area contributed by atoms with Gasteiger partial charge in [-0.05, 0) is 28.7 Å². The lowest BCUT2D eigenvalue weighted by Crippen LogP contribution is -2.32. The molecule has 3 rings (SSSR count). The molecule has 0 N–H and O–H groups in total. The second-order valence-electron chi connectivity index (χ2n) is 8.98. The molecule has 0 atom stereocenters. The molecule has 2 aromatic carbocycles. The summed E-state index contributed by atoms with van der Waals surface area (Å²) in [7, 11) is 1.70. The van der Waals surface area contributed by atoms with Gasteiger partial charge in [-0.15, -0.1) is 0 Å². The van der Waals surface area contributed by atoms with Crippen molar-refractivity contribution in [2.24, 2.45) is 0 Å². The number of carbonyl (C=O) groups excluding carboxylic acids is 2. The molecule has 0 aliphatic heterocycles. The van der Waals surface area contributed by atoms with Crippen molar-refractivity contribution < 1.29 is 28.5 Å². The van der Waals surface area contributed by atoms with Crippen molar-refractivity contribution in [2.75, 3.05) is 53.2 Å². The number of likely N-dealkylation sites (N-methyl/N-ethyl adjacent to an activating group) is 1. The molecule has 1 amide bonds. The van der Waals surface area contributed by atoms with Gasteiger partial charge in [0.05, 0.1) is 26.4 Å². The second kappa shape index (κ2) is 15.3. The Morgan fingerprint density at radius 1 is 0.778 bits per heavy atom. The molecule has 0 saturated carbocycles. The highest BCUT2D eigenvalue weighted by Crippen LogP contribution is 2.44. The maximum absolute atomic E-state index is 12.5. The Balaban J connectivity index is 1.24. The Bertz CT molecular complexity index is 917. The summed E-state index contributed by atoms with van der Waals surface area (Å²) < 4.78 is 21.8. The minimum absolute atomic E-state index is 0.0449. The fourth-order valence-corrected chi connectivity index (χ4v) is 4.30. The number of hydrogen-bond donors (Lipinski definition) is 0. The van der Waals surface area contributed by atoms with Gasteiger partial charge in [-0.1, -0.05) is 74.7 Å². The van der Waals surface area contributed by atoms with Crippen LogP contribution in [0.2, 0.25) is 0 Å². The van der Waals surface area contributed by atoms with Gasteiger partial charge in [-0.25, -0.2) is 4.79 Å². The van der Waals surface area contributed by atoms with Gasteiger partial charge >= 0.3 is 12.1 Å². The third kappa shape index (κ3) is 8.35. The zero-order valence-electron chi connectivity index (χ0n) is 21.6. The second-order valence-corrected chi connectivity index (χ2v) is 8.98. The van der Waals surface area contributed by atoms with Crippen molar-refractivity contribution in [3.8, 4) is 11.1 Å². The van der Waals surface area contributed by atoms with Crippen LogP contribution >= 0.6 is 0 Å². The number of esters is 1. The van der Waals surface area contributed by atoms with Crippen molar-refractivity contribution >= 4 is 12.1 Å². The summed E-state index contributed by atoms with van der Waals surface area (Å²) in [5.74, 6) is -0.120. The number of amides is 1. The number of ether oxygens (including phenoxy) is 4. The molecule has 2 aromatic rings. The molecule has 7 heteroatoms. The van der Waals surface area contributed by atoms with Crippen LogP contribution in [-0.4, -0.2) is 70.2 Å². The average Bonchev–Trinajstić information content (AvgIpc) is 3.22. The Morgan fingerprint density at radius 2 is 1.39 bits per heavy atom. The molecule has 1 aliphatic rings. The highest BCUT2D eigenvalue weighted by atomic mass is 16.6. The highest BCUT2D eigenvalue weighted by Gasteiger charge is 2.29. The average molecular weight is 498 g/mol. The van der Waals surface area contributed by atoms with Crippen LogP contribution in [-0.2, 0) is 23.7 Å². The molecule has 7 nitrogen and oxygen atoms in total. The standard InChI is InChI=1S/C29H39NO6/c1-3-4-5-6-15-28(31)35-21-20-34-19-18-33-17-16-30(2)29(32)36-22-27-25-13-9-7-11-23(25)24-12-8-10-14-26(24)27/h7-14,27H,3-6,15-22H2,1-2H3. The fourth-order valence-electron chi connectivity index (χ4n) is 4.30. The smallest absolute Gasteiger partial charge is 0.409 e. The van der Waals surface area contributed by atoms with Gasteiger partial charge in [0, 0.05) is 25.9 Å². The van der Waals surface area contributed by atoms with E-state index in [1.165, 1.54) is 27.2 Å². The predicted octanol–water partition coefficient (Wildman–Crippen LogP) is 5.41. The van der Waals surface area contributed by atoms with Crippen molar-refractivity contribution in [3.05, 3.63) is 59.7 Å².